The van der Waals surface area contributed by atoms with Crippen molar-refractivity contribution in [2.75, 3.05) is 6.61 Å². The first-order chi connectivity index (χ1) is 9.60. The van der Waals surface area contributed by atoms with Crippen molar-refractivity contribution in [3.63, 3.8) is 0 Å². The molecule has 20 heavy (non-hydrogen) atoms. The van der Waals surface area contributed by atoms with Gasteiger partial charge in [0.1, 0.15) is 0 Å². The average molecular weight is 374 g/mol. The van der Waals surface area contributed by atoms with Gasteiger partial charge in [0.2, 0.25) is 0 Å². The van der Waals surface area contributed by atoms with Crippen molar-refractivity contribution in [2.24, 2.45) is 5.92 Å². The van der Waals surface area contributed by atoms with E-state index in [4.69, 9.17) is 23.2 Å². The summed E-state index contributed by atoms with van der Waals surface area (Å²) in [6.07, 6.45) is 1.50. The Morgan fingerprint density at radius 2 is 1.70 bits per heavy atom. The normalized spacial score (nSPS) is 12.4. The van der Waals surface area contributed by atoms with Crippen LogP contribution in [0.1, 0.15) is 11.1 Å². The molecule has 0 fully saturated rings. The molecule has 0 saturated heterocycles. The molecule has 2 aromatic rings. The van der Waals surface area contributed by atoms with Gasteiger partial charge in [-0.1, -0.05) is 57.3 Å². The number of hydrogen-bond acceptors (Lipinski definition) is 1. The van der Waals surface area contributed by atoms with Gasteiger partial charge in [-0.3, -0.25) is 0 Å². The number of halogens is 3. The fraction of sp³-hybridized carbons (Fsp3) is 0.250. The molecule has 0 spiro atoms. The molecule has 0 saturated carbocycles. The second-order valence-electron chi connectivity index (χ2n) is 4.78. The fourth-order valence-electron chi connectivity index (χ4n) is 2.19. The van der Waals surface area contributed by atoms with E-state index in [1.807, 2.05) is 24.3 Å². The van der Waals surface area contributed by atoms with Crippen molar-refractivity contribution in [3.8, 4) is 0 Å². The monoisotopic (exact) mass is 372 g/mol. The minimum Gasteiger partial charge on any atom is -0.396 e. The first-order valence-corrected chi connectivity index (χ1v) is 7.93. The molecule has 1 unspecified atom stereocenters. The van der Waals surface area contributed by atoms with Gasteiger partial charge in [-0.25, -0.2) is 0 Å². The fourth-order valence-corrected chi connectivity index (χ4v) is 3.02. The Bertz CT molecular complexity index is 586. The van der Waals surface area contributed by atoms with Crippen LogP contribution >= 0.6 is 39.1 Å². The molecule has 0 aliphatic rings. The Balaban J connectivity index is 2.13. The summed E-state index contributed by atoms with van der Waals surface area (Å²) in [7, 11) is 0. The number of aliphatic hydroxyl groups is 1. The zero-order valence-electron chi connectivity index (χ0n) is 10.8. The zero-order valence-corrected chi connectivity index (χ0v) is 13.9. The van der Waals surface area contributed by atoms with E-state index in [1.165, 1.54) is 5.56 Å². The minimum atomic E-state index is 0.115. The van der Waals surface area contributed by atoms with E-state index >= 15 is 0 Å². The molecule has 0 aromatic heterocycles. The summed E-state index contributed by atoms with van der Waals surface area (Å²) >= 11 is 15.7. The standard InChI is InChI=1S/C16H15BrCl2O/c17-15-4-2-1-3-12(15)7-11(10-20)8-13-9-14(18)5-6-16(13)19/h1-6,9,11,20H,7-8,10H2. The molecule has 4 heteroatoms. The van der Waals surface area contributed by atoms with Crippen LogP contribution in [0, 0.1) is 5.92 Å². The summed E-state index contributed by atoms with van der Waals surface area (Å²) in [5.74, 6) is 0.115. The van der Waals surface area contributed by atoms with Crippen LogP contribution < -0.4 is 0 Å². The summed E-state index contributed by atoms with van der Waals surface area (Å²) < 4.78 is 1.07. The zero-order chi connectivity index (χ0) is 14.5. The van der Waals surface area contributed by atoms with Crippen molar-refractivity contribution in [1.29, 1.82) is 0 Å². The van der Waals surface area contributed by atoms with E-state index in [0.29, 0.717) is 16.5 Å². The first kappa shape index (κ1) is 15.8. The third-order valence-corrected chi connectivity index (χ3v) is 4.62. The summed E-state index contributed by atoms with van der Waals surface area (Å²) in [5.41, 5.74) is 2.16. The van der Waals surface area contributed by atoms with Crippen LogP contribution in [-0.2, 0) is 12.8 Å². The lowest BCUT2D eigenvalue weighted by Crippen LogP contribution is -2.13. The van der Waals surface area contributed by atoms with E-state index in [9.17, 15) is 5.11 Å². The summed E-state index contributed by atoms with van der Waals surface area (Å²) in [4.78, 5) is 0. The van der Waals surface area contributed by atoms with Gasteiger partial charge >= 0.3 is 0 Å². The van der Waals surface area contributed by atoms with Crippen LogP contribution in [-0.4, -0.2) is 11.7 Å². The molecule has 1 N–H and O–H groups in total. The van der Waals surface area contributed by atoms with E-state index < -0.39 is 0 Å². The number of benzene rings is 2. The van der Waals surface area contributed by atoms with Crippen molar-refractivity contribution >= 4 is 39.1 Å². The SMILES string of the molecule is OCC(Cc1cc(Cl)ccc1Cl)Cc1ccccc1Br. The van der Waals surface area contributed by atoms with E-state index in [1.54, 1.807) is 12.1 Å². The van der Waals surface area contributed by atoms with Gasteiger partial charge in [0.15, 0.2) is 0 Å². The average Bonchev–Trinajstić information content (AvgIpc) is 2.44. The number of rotatable bonds is 5. The third kappa shape index (κ3) is 4.23. The van der Waals surface area contributed by atoms with Gasteiger partial charge in [-0.05, 0) is 54.2 Å². The lowest BCUT2D eigenvalue weighted by atomic mass is 9.93. The molecular formula is C16H15BrCl2O. The molecule has 0 aliphatic carbocycles. The quantitative estimate of drug-likeness (QED) is 0.768. The van der Waals surface area contributed by atoms with Gasteiger partial charge in [-0.2, -0.15) is 0 Å². The Hall–Kier alpha value is -0.540. The highest BCUT2D eigenvalue weighted by atomic mass is 79.9. The molecule has 2 rings (SSSR count). The Morgan fingerprint density at radius 3 is 2.40 bits per heavy atom. The Morgan fingerprint density at radius 1 is 1.00 bits per heavy atom. The first-order valence-electron chi connectivity index (χ1n) is 6.38. The van der Waals surface area contributed by atoms with Gasteiger partial charge in [0.25, 0.3) is 0 Å². The van der Waals surface area contributed by atoms with E-state index in [0.717, 1.165) is 16.5 Å². The van der Waals surface area contributed by atoms with E-state index in [2.05, 4.69) is 22.0 Å². The van der Waals surface area contributed by atoms with Crippen LogP contribution in [0.3, 0.4) is 0 Å². The molecule has 1 atom stereocenters. The molecule has 0 heterocycles. The van der Waals surface area contributed by atoms with Crippen LogP contribution in [0.5, 0.6) is 0 Å². The van der Waals surface area contributed by atoms with Crippen LogP contribution in [0.25, 0.3) is 0 Å². The molecule has 2 aromatic carbocycles. The van der Waals surface area contributed by atoms with Crippen molar-refractivity contribution < 1.29 is 5.11 Å². The maximum absolute atomic E-state index is 9.61. The molecular weight excluding hydrogens is 359 g/mol. The number of aliphatic hydroxyl groups excluding tert-OH is 1. The molecule has 106 valence electrons. The van der Waals surface area contributed by atoms with Crippen LogP contribution in [0.15, 0.2) is 46.9 Å². The van der Waals surface area contributed by atoms with Gasteiger partial charge in [0.05, 0.1) is 0 Å². The molecule has 0 bridgehead atoms. The van der Waals surface area contributed by atoms with Crippen LogP contribution in [0.4, 0.5) is 0 Å². The molecule has 0 radical (unpaired) electrons. The second-order valence-corrected chi connectivity index (χ2v) is 6.48. The summed E-state index contributed by atoms with van der Waals surface area (Å²) in [6, 6.07) is 13.5. The maximum Gasteiger partial charge on any atom is 0.0465 e. The second kappa shape index (κ2) is 7.46. The van der Waals surface area contributed by atoms with Crippen molar-refractivity contribution in [3.05, 3.63) is 68.1 Å². The lowest BCUT2D eigenvalue weighted by molar-refractivity contribution is 0.225. The molecule has 1 nitrogen and oxygen atoms in total. The highest BCUT2D eigenvalue weighted by Gasteiger charge is 2.13. The maximum atomic E-state index is 9.61. The highest BCUT2D eigenvalue weighted by molar-refractivity contribution is 9.10. The van der Waals surface area contributed by atoms with Gasteiger partial charge in [-0.15, -0.1) is 0 Å². The van der Waals surface area contributed by atoms with Crippen LogP contribution in [0.2, 0.25) is 10.0 Å². The lowest BCUT2D eigenvalue weighted by Gasteiger charge is -2.16. The van der Waals surface area contributed by atoms with Gasteiger partial charge < -0.3 is 5.11 Å². The predicted molar refractivity (Wildman–Crippen MR) is 88.6 cm³/mol. The summed E-state index contributed by atoms with van der Waals surface area (Å²) in [5, 5.41) is 11.0. The smallest absolute Gasteiger partial charge is 0.0465 e. The topological polar surface area (TPSA) is 20.2 Å². The summed E-state index contributed by atoms with van der Waals surface area (Å²) in [6.45, 7) is 0.115. The predicted octanol–water partition coefficient (Wildman–Crippen LogP) is 5.15. The van der Waals surface area contributed by atoms with Crippen molar-refractivity contribution in [2.45, 2.75) is 12.8 Å². The molecule has 0 amide bonds. The number of hydrogen-bond donors (Lipinski definition) is 1. The largest absolute Gasteiger partial charge is 0.396 e. The third-order valence-electron chi connectivity index (χ3n) is 3.24. The Kier molecular flexibility index (Phi) is 5.91. The van der Waals surface area contributed by atoms with E-state index in [-0.39, 0.29) is 12.5 Å². The highest BCUT2D eigenvalue weighted by Crippen LogP contribution is 2.26. The van der Waals surface area contributed by atoms with Gasteiger partial charge in [0, 0.05) is 21.1 Å². The van der Waals surface area contributed by atoms with Crippen molar-refractivity contribution in [1.82, 2.24) is 0 Å². The minimum absolute atomic E-state index is 0.115. The Labute approximate surface area is 137 Å². The molecule has 0 aliphatic heterocycles.